The van der Waals surface area contributed by atoms with Crippen molar-refractivity contribution in [1.29, 1.82) is 0 Å². The van der Waals surface area contributed by atoms with Crippen LogP contribution in [-0.4, -0.2) is 46.8 Å². The summed E-state index contributed by atoms with van der Waals surface area (Å²) < 4.78 is 13.0. The molecule has 2 heterocycles. The summed E-state index contributed by atoms with van der Waals surface area (Å²) in [6.45, 7) is 3.77. The van der Waals surface area contributed by atoms with Crippen molar-refractivity contribution in [2.45, 2.75) is 26.0 Å². The minimum absolute atomic E-state index is 0.00515. The molecule has 1 fully saturated rings. The molecule has 2 atom stereocenters. The van der Waals surface area contributed by atoms with Gasteiger partial charge in [0.15, 0.2) is 11.5 Å². The molecule has 1 aliphatic rings. The molecule has 0 spiro atoms. The fourth-order valence-electron chi connectivity index (χ4n) is 3.39. The Kier molecular flexibility index (Phi) is 5.46. The lowest BCUT2D eigenvalue weighted by atomic mass is 10.1. The number of nitrogens with two attached hydrogens (primary N) is 1. The smallest absolute Gasteiger partial charge is 0.254 e. The van der Waals surface area contributed by atoms with E-state index in [-0.39, 0.29) is 11.9 Å². The molecule has 2 N–H and O–H groups in total. The summed E-state index contributed by atoms with van der Waals surface area (Å²) in [7, 11) is 3.43. The van der Waals surface area contributed by atoms with Crippen LogP contribution in [0.1, 0.15) is 29.3 Å². The van der Waals surface area contributed by atoms with Gasteiger partial charge in [0.05, 0.1) is 13.3 Å². The van der Waals surface area contributed by atoms with E-state index in [4.69, 9.17) is 15.2 Å². The Balaban J connectivity index is 1.72. The molecule has 0 bridgehead atoms. The molecule has 0 radical (unpaired) electrons. The molecule has 7 nitrogen and oxygen atoms in total. The first-order valence-corrected chi connectivity index (χ1v) is 8.81. The van der Waals surface area contributed by atoms with E-state index < -0.39 is 0 Å². The third-order valence-electron chi connectivity index (χ3n) is 4.82. The third kappa shape index (κ3) is 3.83. The first-order chi connectivity index (χ1) is 12.5. The van der Waals surface area contributed by atoms with E-state index in [9.17, 15) is 4.79 Å². The Morgan fingerprint density at radius 1 is 1.38 bits per heavy atom. The number of aryl methyl sites for hydroxylation is 1. The number of carbonyl (C=O) groups is 1. The molecule has 1 amide bonds. The number of amides is 1. The lowest BCUT2D eigenvalue weighted by Crippen LogP contribution is -2.34. The van der Waals surface area contributed by atoms with Crippen LogP contribution in [0.3, 0.4) is 0 Å². The van der Waals surface area contributed by atoms with Crippen molar-refractivity contribution >= 4 is 5.91 Å². The number of hydrogen-bond donors (Lipinski definition) is 1. The third-order valence-corrected chi connectivity index (χ3v) is 4.82. The SMILES string of the molecule is COc1cc(C(=O)N2CC(CN)CC2C)ccc1OCc1cnn(C)c1. The quantitative estimate of drug-likeness (QED) is 0.852. The molecule has 3 rings (SSSR count). The molecule has 1 aromatic heterocycles. The molecule has 26 heavy (non-hydrogen) atoms. The van der Waals surface area contributed by atoms with Gasteiger partial charge in [0.1, 0.15) is 6.61 Å². The van der Waals surface area contributed by atoms with Crippen LogP contribution < -0.4 is 15.2 Å². The molecule has 140 valence electrons. The lowest BCUT2D eigenvalue weighted by Gasteiger charge is -2.22. The van der Waals surface area contributed by atoms with Gasteiger partial charge < -0.3 is 20.1 Å². The van der Waals surface area contributed by atoms with E-state index in [0.717, 1.165) is 12.0 Å². The van der Waals surface area contributed by atoms with Crippen LogP contribution in [0.25, 0.3) is 0 Å². The number of hydrogen-bond acceptors (Lipinski definition) is 5. The Hall–Kier alpha value is -2.54. The first-order valence-electron chi connectivity index (χ1n) is 8.81. The van der Waals surface area contributed by atoms with E-state index in [1.807, 2.05) is 18.1 Å². The number of ether oxygens (including phenoxy) is 2. The second-order valence-corrected chi connectivity index (χ2v) is 6.82. The fraction of sp³-hybridized carbons (Fsp3) is 0.474. The maximum absolute atomic E-state index is 12.9. The molecule has 0 aliphatic carbocycles. The van der Waals surface area contributed by atoms with E-state index in [0.29, 0.717) is 42.7 Å². The Morgan fingerprint density at radius 2 is 2.19 bits per heavy atom. The minimum Gasteiger partial charge on any atom is -0.493 e. The predicted octanol–water partition coefficient (Wildman–Crippen LogP) is 1.82. The van der Waals surface area contributed by atoms with Gasteiger partial charge in [0, 0.05) is 37.0 Å². The average molecular weight is 358 g/mol. The molecule has 2 unspecified atom stereocenters. The van der Waals surface area contributed by atoms with Crippen LogP contribution in [-0.2, 0) is 13.7 Å². The maximum atomic E-state index is 12.9. The van der Waals surface area contributed by atoms with Gasteiger partial charge in [0.25, 0.3) is 5.91 Å². The molecule has 1 saturated heterocycles. The average Bonchev–Trinajstić information content (AvgIpc) is 3.24. The zero-order valence-electron chi connectivity index (χ0n) is 15.5. The zero-order chi connectivity index (χ0) is 18.7. The molecule has 7 heteroatoms. The van der Waals surface area contributed by atoms with Gasteiger partial charge in [-0.3, -0.25) is 9.48 Å². The summed E-state index contributed by atoms with van der Waals surface area (Å²) in [6, 6.07) is 5.50. The summed E-state index contributed by atoms with van der Waals surface area (Å²) in [4.78, 5) is 14.7. The van der Waals surface area contributed by atoms with Gasteiger partial charge >= 0.3 is 0 Å². The van der Waals surface area contributed by atoms with Crippen LogP contribution in [0.2, 0.25) is 0 Å². The van der Waals surface area contributed by atoms with Crippen molar-refractivity contribution in [2.75, 3.05) is 20.2 Å². The molecule has 1 aliphatic heterocycles. The second kappa shape index (κ2) is 7.78. The van der Waals surface area contributed by atoms with Gasteiger partial charge in [-0.05, 0) is 44.0 Å². The number of carbonyl (C=O) groups excluding carboxylic acids is 1. The summed E-state index contributed by atoms with van der Waals surface area (Å²) >= 11 is 0. The second-order valence-electron chi connectivity index (χ2n) is 6.82. The van der Waals surface area contributed by atoms with Crippen molar-refractivity contribution < 1.29 is 14.3 Å². The minimum atomic E-state index is 0.00515. The molecular formula is C19H26N4O3. The topological polar surface area (TPSA) is 82.6 Å². The standard InChI is InChI=1S/C19H26N4O3/c1-13-6-14(8-20)11-23(13)19(24)16-4-5-17(18(7-16)25-3)26-12-15-9-21-22(2)10-15/h4-5,7,9-10,13-14H,6,8,11-12,20H2,1-3H3. The summed E-state index contributed by atoms with van der Waals surface area (Å²) in [5.41, 5.74) is 7.33. The van der Waals surface area contributed by atoms with E-state index in [2.05, 4.69) is 12.0 Å². The van der Waals surface area contributed by atoms with E-state index in [1.165, 1.54) is 0 Å². The van der Waals surface area contributed by atoms with E-state index >= 15 is 0 Å². The van der Waals surface area contributed by atoms with Gasteiger partial charge in [-0.15, -0.1) is 0 Å². The predicted molar refractivity (Wildman–Crippen MR) is 98.2 cm³/mol. The highest BCUT2D eigenvalue weighted by atomic mass is 16.5. The van der Waals surface area contributed by atoms with Crippen molar-refractivity contribution in [2.24, 2.45) is 18.7 Å². The van der Waals surface area contributed by atoms with Crippen molar-refractivity contribution in [1.82, 2.24) is 14.7 Å². The monoisotopic (exact) mass is 358 g/mol. The highest BCUT2D eigenvalue weighted by Gasteiger charge is 2.32. The molecule has 0 saturated carbocycles. The number of likely N-dealkylation sites (tertiary alicyclic amines) is 1. The van der Waals surface area contributed by atoms with Gasteiger partial charge in [-0.1, -0.05) is 0 Å². The van der Waals surface area contributed by atoms with Crippen molar-refractivity contribution in [3.63, 3.8) is 0 Å². The van der Waals surface area contributed by atoms with Gasteiger partial charge in [-0.25, -0.2) is 0 Å². The number of nitrogens with zero attached hydrogens (tertiary/aromatic N) is 3. The Bertz CT molecular complexity index is 774. The van der Waals surface area contributed by atoms with Crippen LogP contribution >= 0.6 is 0 Å². The Morgan fingerprint density at radius 3 is 2.81 bits per heavy atom. The van der Waals surface area contributed by atoms with Crippen LogP contribution in [0.5, 0.6) is 11.5 Å². The fourth-order valence-corrected chi connectivity index (χ4v) is 3.39. The maximum Gasteiger partial charge on any atom is 0.254 e. The first kappa shape index (κ1) is 18.3. The summed E-state index contributed by atoms with van der Waals surface area (Å²) in [6.07, 6.45) is 4.60. The van der Waals surface area contributed by atoms with E-state index in [1.54, 1.807) is 36.2 Å². The number of benzene rings is 1. The van der Waals surface area contributed by atoms with Crippen molar-refractivity contribution in [3.8, 4) is 11.5 Å². The number of methoxy groups -OCH3 is 1. The molecule has 2 aromatic rings. The lowest BCUT2D eigenvalue weighted by molar-refractivity contribution is 0.0743. The Labute approximate surface area is 153 Å². The number of aromatic nitrogens is 2. The normalized spacial score (nSPS) is 19.6. The molecular weight excluding hydrogens is 332 g/mol. The summed E-state index contributed by atoms with van der Waals surface area (Å²) in [5, 5.41) is 4.12. The van der Waals surface area contributed by atoms with Crippen LogP contribution in [0.4, 0.5) is 0 Å². The highest BCUT2D eigenvalue weighted by molar-refractivity contribution is 5.95. The van der Waals surface area contributed by atoms with Crippen molar-refractivity contribution in [3.05, 3.63) is 41.7 Å². The van der Waals surface area contributed by atoms with Crippen LogP contribution in [0.15, 0.2) is 30.6 Å². The largest absolute Gasteiger partial charge is 0.493 e. The highest BCUT2D eigenvalue weighted by Crippen LogP contribution is 2.31. The van der Waals surface area contributed by atoms with Crippen LogP contribution in [0, 0.1) is 5.92 Å². The van der Waals surface area contributed by atoms with Gasteiger partial charge in [-0.2, -0.15) is 5.10 Å². The number of rotatable bonds is 6. The van der Waals surface area contributed by atoms with Gasteiger partial charge in [0.2, 0.25) is 0 Å². The summed E-state index contributed by atoms with van der Waals surface area (Å²) in [5.74, 6) is 1.52. The zero-order valence-corrected chi connectivity index (χ0v) is 15.5. The molecule has 1 aromatic carbocycles.